The van der Waals surface area contributed by atoms with E-state index < -0.39 is 0 Å². The Labute approximate surface area is 174 Å². The van der Waals surface area contributed by atoms with E-state index in [9.17, 15) is 4.39 Å². The lowest BCUT2D eigenvalue weighted by Gasteiger charge is -2.35. The zero-order valence-electron chi connectivity index (χ0n) is 16.5. The molecular formula is C24H22FN5. The topological polar surface area (TPSA) is 46.8 Å². The molecule has 0 unspecified atom stereocenters. The molecular weight excluding hydrogens is 377 g/mol. The second-order valence-corrected chi connectivity index (χ2v) is 7.62. The zero-order chi connectivity index (χ0) is 20.3. The molecule has 4 aromatic rings. The minimum absolute atomic E-state index is 0.0602. The Kier molecular flexibility index (Phi) is 5.07. The molecule has 0 fully saturated rings. The number of tetrazole rings is 1. The molecule has 1 aliphatic heterocycles. The van der Waals surface area contributed by atoms with Gasteiger partial charge in [-0.2, -0.15) is 0 Å². The summed E-state index contributed by atoms with van der Waals surface area (Å²) in [4.78, 5) is 2.44. The maximum Gasteiger partial charge on any atom is 0.173 e. The lowest BCUT2D eigenvalue weighted by molar-refractivity contribution is 0.195. The van der Waals surface area contributed by atoms with Gasteiger partial charge in [-0.3, -0.25) is 4.90 Å². The summed E-state index contributed by atoms with van der Waals surface area (Å²) in [7, 11) is 0. The maximum absolute atomic E-state index is 13.3. The molecule has 0 spiro atoms. The van der Waals surface area contributed by atoms with Crippen LogP contribution in [-0.4, -0.2) is 31.7 Å². The molecule has 1 aromatic heterocycles. The minimum atomic E-state index is -0.246. The van der Waals surface area contributed by atoms with E-state index in [4.69, 9.17) is 0 Å². The predicted octanol–water partition coefficient (Wildman–Crippen LogP) is 4.01. The molecule has 0 saturated heterocycles. The van der Waals surface area contributed by atoms with Crippen LogP contribution < -0.4 is 0 Å². The number of hydrogen-bond donors (Lipinski definition) is 0. The molecule has 5 nitrogen and oxygen atoms in total. The quantitative estimate of drug-likeness (QED) is 0.509. The SMILES string of the molecule is Fc1ccc(Cn2nnnc2[C@H](c2ccccc2)N2CCc3ccccc3C2)cc1. The Morgan fingerprint density at radius 2 is 1.60 bits per heavy atom. The summed E-state index contributed by atoms with van der Waals surface area (Å²) in [6.07, 6.45) is 0.999. The van der Waals surface area contributed by atoms with Crippen molar-refractivity contribution < 1.29 is 4.39 Å². The molecule has 1 aliphatic rings. The van der Waals surface area contributed by atoms with E-state index in [2.05, 4.69) is 56.8 Å². The summed E-state index contributed by atoms with van der Waals surface area (Å²) in [5, 5.41) is 12.7. The van der Waals surface area contributed by atoms with Gasteiger partial charge in [0.1, 0.15) is 5.82 Å². The van der Waals surface area contributed by atoms with Gasteiger partial charge < -0.3 is 0 Å². The minimum Gasteiger partial charge on any atom is -0.285 e. The summed E-state index contributed by atoms with van der Waals surface area (Å²) in [6, 6.07) is 25.4. The van der Waals surface area contributed by atoms with Crippen LogP contribution in [-0.2, 0) is 19.5 Å². The van der Waals surface area contributed by atoms with Crippen LogP contribution in [0.2, 0.25) is 0 Å². The van der Waals surface area contributed by atoms with Crippen molar-refractivity contribution in [2.24, 2.45) is 0 Å². The number of benzene rings is 3. The van der Waals surface area contributed by atoms with Crippen molar-refractivity contribution in [3.63, 3.8) is 0 Å². The number of rotatable bonds is 5. The van der Waals surface area contributed by atoms with Gasteiger partial charge in [-0.25, -0.2) is 9.07 Å². The molecule has 6 heteroatoms. The highest BCUT2D eigenvalue weighted by Gasteiger charge is 2.30. The van der Waals surface area contributed by atoms with Gasteiger partial charge in [-0.1, -0.05) is 66.7 Å². The Bertz CT molecular complexity index is 1120. The van der Waals surface area contributed by atoms with Crippen molar-refractivity contribution in [2.75, 3.05) is 6.54 Å². The van der Waals surface area contributed by atoms with Gasteiger partial charge in [0.05, 0.1) is 12.6 Å². The third-order valence-corrected chi connectivity index (χ3v) is 5.69. The van der Waals surface area contributed by atoms with E-state index in [1.807, 2.05) is 22.9 Å². The van der Waals surface area contributed by atoms with E-state index in [-0.39, 0.29) is 11.9 Å². The Balaban J connectivity index is 1.51. The molecule has 0 N–H and O–H groups in total. The summed E-state index contributed by atoms with van der Waals surface area (Å²) >= 11 is 0. The van der Waals surface area contributed by atoms with Crippen molar-refractivity contribution >= 4 is 0 Å². The second-order valence-electron chi connectivity index (χ2n) is 7.62. The van der Waals surface area contributed by atoms with Crippen molar-refractivity contribution in [2.45, 2.75) is 25.6 Å². The number of aromatic nitrogens is 4. The highest BCUT2D eigenvalue weighted by Crippen LogP contribution is 2.32. The zero-order valence-corrected chi connectivity index (χ0v) is 16.5. The van der Waals surface area contributed by atoms with Gasteiger partial charge in [0.15, 0.2) is 5.82 Å². The van der Waals surface area contributed by atoms with Crippen molar-refractivity contribution in [3.8, 4) is 0 Å². The molecule has 30 heavy (non-hydrogen) atoms. The van der Waals surface area contributed by atoms with E-state index in [0.29, 0.717) is 6.54 Å². The van der Waals surface area contributed by atoms with E-state index in [0.717, 1.165) is 36.5 Å². The summed E-state index contributed by atoms with van der Waals surface area (Å²) < 4.78 is 15.1. The molecule has 0 saturated carbocycles. The number of hydrogen-bond acceptors (Lipinski definition) is 4. The van der Waals surface area contributed by atoms with Gasteiger partial charge in [0, 0.05) is 13.1 Å². The third kappa shape index (κ3) is 3.74. The first-order valence-electron chi connectivity index (χ1n) is 10.1. The van der Waals surface area contributed by atoms with E-state index >= 15 is 0 Å². The highest BCUT2D eigenvalue weighted by atomic mass is 19.1. The Morgan fingerprint density at radius 3 is 2.40 bits per heavy atom. The van der Waals surface area contributed by atoms with Crippen LogP contribution in [0.4, 0.5) is 4.39 Å². The van der Waals surface area contributed by atoms with Gasteiger partial charge >= 0.3 is 0 Å². The van der Waals surface area contributed by atoms with Crippen LogP contribution in [0.3, 0.4) is 0 Å². The van der Waals surface area contributed by atoms with Crippen LogP contribution >= 0.6 is 0 Å². The molecule has 0 aliphatic carbocycles. The van der Waals surface area contributed by atoms with Gasteiger partial charge in [0.25, 0.3) is 0 Å². The monoisotopic (exact) mass is 399 g/mol. The van der Waals surface area contributed by atoms with Gasteiger partial charge in [-0.05, 0) is 51.2 Å². The number of nitrogens with zero attached hydrogens (tertiary/aromatic N) is 5. The molecule has 0 bridgehead atoms. The van der Waals surface area contributed by atoms with Gasteiger partial charge in [0.2, 0.25) is 0 Å². The first-order chi connectivity index (χ1) is 14.8. The number of halogens is 1. The molecule has 5 rings (SSSR count). The molecule has 2 heterocycles. The summed E-state index contributed by atoms with van der Waals surface area (Å²) in [5.41, 5.74) is 4.88. The van der Waals surface area contributed by atoms with Crippen LogP contribution in [0, 0.1) is 5.82 Å². The lowest BCUT2D eigenvalue weighted by atomic mass is 9.96. The van der Waals surface area contributed by atoms with Crippen molar-refractivity contribution in [1.29, 1.82) is 0 Å². The number of fused-ring (bicyclic) bond motifs is 1. The second kappa shape index (κ2) is 8.16. The van der Waals surface area contributed by atoms with Crippen LogP contribution in [0.25, 0.3) is 0 Å². The smallest absolute Gasteiger partial charge is 0.173 e. The fourth-order valence-electron chi connectivity index (χ4n) is 4.18. The molecule has 3 aromatic carbocycles. The average Bonchev–Trinajstić information content (AvgIpc) is 3.24. The van der Waals surface area contributed by atoms with Crippen LogP contribution in [0.5, 0.6) is 0 Å². The summed E-state index contributed by atoms with van der Waals surface area (Å²) in [6.45, 7) is 2.27. The molecule has 150 valence electrons. The molecule has 1 atom stereocenters. The average molecular weight is 399 g/mol. The largest absolute Gasteiger partial charge is 0.285 e. The van der Waals surface area contributed by atoms with Crippen LogP contribution in [0.1, 0.15) is 34.1 Å². The summed E-state index contributed by atoms with van der Waals surface area (Å²) in [5.74, 6) is 0.551. The fourth-order valence-corrected chi connectivity index (χ4v) is 4.18. The lowest BCUT2D eigenvalue weighted by Crippen LogP contribution is -2.36. The van der Waals surface area contributed by atoms with E-state index in [1.54, 1.807) is 12.1 Å². The highest BCUT2D eigenvalue weighted by molar-refractivity contribution is 5.32. The van der Waals surface area contributed by atoms with Crippen molar-refractivity contribution in [1.82, 2.24) is 25.1 Å². The first kappa shape index (κ1) is 18.6. The fraction of sp³-hybridized carbons (Fsp3) is 0.208. The first-order valence-corrected chi connectivity index (χ1v) is 10.1. The Morgan fingerprint density at radius 1 is 0.867 bits per heavy atom. The maximum atomic E-state index is 13.3. The molecule has 0 radical (unpaired) electrons. The normalized spacial score (nSPS) is 15.0. The van der Waals surface area contributed by atoms with Gasteiger partial charge in [-0.15, -0.1) is 5.10 Å². The predicted molar refractivity (Wildman–Crippen MR) is 112 cm³/mol. The molecule has 0 amide bonds. The Hall–Kier alpha value is -3.38. The van der Waals surface area contributed by atoms with Crippen LogP contribution in [0.15, 0.2) is 78.9 Å². The van der Waals surface area contributed by atoms with Crippen molar-refractivity contribution in [3.05, 3.63) is 113 Å². The van der Waals surface area contributed by atoms with E-state index in [1.165, 1.54) is 23.3 Å². The third-order valence-electron chi connectivity index (χ3n) is 5.69. The standard InChI is InChI=1S/C24H22FN5/c25-22-12-10-18(11-13-22)16-30-24(26-27-28-30)23(20-7-2-1-3-8-20)29-15-14-19-6-4-5-9-21(19)17-29/h1-13,23H,14-17H2/t23-/m0/s1.